The van der Waals surface area contributed by atoms with Crippen molar-refractivity contribution < 1.29 is 26.4 Å². The molecular formula is C20H18F3N5O3S. The number of fused-ring (bicyclic) bond motifs is 1. The van der Waals surface area contributed by atoms with E-state index < -0.39 is 21.8 Å². The molecule has 0 bridgehead atoms. The number of halogens is 3. The number of hydrogen-bond donors (Lipinski definition) is 0. The molecule has 1 aliphatic heterocycles. The molecule has 0 spiro atoms. The normalized spacial score (nSPS) is 13.9. The molecule has 0 radical (unpaired) electrons. The minimum Gasteiger partial charge on any atom is -0.292 e. The van der Waals surface area contributed by atoms with E-state index in [0.717, 1.165) is 22.5 Å². The van der Waals surface area contributed by atoms with E-state index in [-0.39, 0.29) is 29.5 Å². The maximum atomic E-state index is 12.9. The maximum Gasteiger partial charge on any atom is 0.416 e. The highest BCUT2D eigenvalue weighted by Crippen LogP contribution is 2.32. The highest BCUT2D eigenvalue weighted by Gasteiger charge is 2.31. The number of aromatic nitrogens is 4. The first-order chi connectivity index (χ1) is 15.1. The number of nitrogens with zero attached hydrogens (tertiary/aromatic N) is 5. The van der Waals surface area contributed by atoms with Crippen LogP contribution in [0.1, 0.15) is 28.4 Å². The molecule has 32 heavy (non-hydrogen) atoms. The number of Topliss-reactive ketones (excluding diaryl/α,β-unsaturated/α-hetero) is 1. The summed E-state index contributed by atoms with van der Waals surface area (Å²) in [5.74, 6) is -0.380. The van der Waals surface area contributed by atoms with Crippen molar-refractivity contribution in [3.8, 4) is 11.4 Å². The van der Waals surface area contributed by atoms with Gasteiger partial charge in [-0.1, -0.05) is 12.1 Å². The van der Waals surface area contributed by atoms with Gasteiger partial charge < -0.3 is 0 Å². The lowest BCUT2D eigenvalue weighted by Gasteiger charge is -2.18. The Morgan fingerprint density at radius 3 is 2.66 bits per heavy atom. The monoisotopic (exact) mass is 465 g/mol. The average Bonchev–Trinajstić information content (AvgIpc) is 3.40. The largest absolute Gasteiger partial charge is 0.416 e. The Kier molecular flexibility index (Phi) is 5.49. The summed E-state index contributed by atoms with van der Waals surface area (Å²) in [6.45, 7) is 1.64. The summed E-state index contributed by atoms with van der Waals surface area (Å²) in [7, 11) is -3.38. The Balaban J connectivity index is 1.51. The molecule has 0 unspecified atom stereocenters. The van der Waals surface area contributed by atoms with Crippen molar-refractivity contribution in [2.45, 2.75) is 26.1 Å². The van der Waals surface area contributed by atoms with Crippen molar-refractivity contribution in [1.82, 2.24) is 20.2 Å². The average molecular weight is 465 g/mol. The summed E-state index contributed by atoms with van der Waals surface area (Å²) in [4.78, 5) is 13.7. The number of carbonyl (C=O) groups is 1. The number of carbonyl (C=O) groups excluding carboxylic acids is 1. The molecule has 0 saturated carbocycles. The van der Waals surface area contributed by atoms with Crippen LogP contribution in [0.3, 0.4) is 0 Å². The SMILES string of the molecule is CCS(=O)(=O)N1CCc2cc(C(=O)Cn3nnc(-c4cccc(C(F)(F)F)c4)n3)ccc21. The number of anilines is 1. The van der Waals surface area contributed by atoms with Crippen LogP contribution < -0.4 is 4.31 Å². The number of rotatable bonds is 6. The van der Waals surface area contributed by atoms with E-state index in [0.29, 0.717) is 24.2 Å². The summed E-state index contributed by atoms with van der Waals surface area (Å²) in [6.07, 6.45) is -4.00. The van der Waals surface area contributed by atoms with Crippen molar-refractivity contribution in [2.75, 3.05) is 16.6 Å². The number of benzene rings is 2. The summed E-state index contributed by atoms with van der Waals surface area (Å²) in [5.41, 5.74) is 0.976. The molecule has 0 fully saturated rings. The second-order valence-corrected chi connectivity index (χ2v) is 9.39. The topological polar surface area (TPSA) is 98.1 Å². The van der Waals surface area contributed by atoms with Crippen LogP contribution in [0.15, 0.2) is 42.5 Å². The van der Waals surface area contributed by atoms with E-state index in [1.807, 2.05) is 0 Å². The van der Waals surface area contributed by atoms with E-state index in [1.165, 1.54) is 22.5 Å². The Morgan fingerprint density at radius 1 is 1.16 bits per heavy atom. The Morgan fingerprint density at radius 2 is 1.94 bits per heavy atom. The zero-order valence-corrected chi connectivity index (χ0v) is 17.7. The van der Waals surface area contributed by atoms with Crippen LogP contribution in [0.4, 0.5) is 18.9 Å². The molecule has 1 aromatic heterocycles. The van der Waals surface area contributed by atoms with Gasteiger partial charge >= 0.3 is 6.18 Å². The van der Waals surface area contributed by atoms with Crippen molar-refractivity contribution in [3.63, 3.8) is 0 Å². The summed E-state index contributed by atoms with van der Waals surface area (Å²) in [6, 6.07) is 9.32. The molecule has 4 rings (SSSR count). The van der Waals surface area contributed by atoms with Crippen LogP contribution in [-0.2, 0) is 29.2 Å². The van der Waals surface area contributed by atoms with Crippen LogP contribution in [-0.4, -0.2) is 46.7 Å². The molecule has 1 aliphatic rings. The molecule has 8 nitrogen and oxygen atoms in total. The van der Waals surface area contributed by atoms with Crippen LogP contribution in [0.2, 0.25) is 0 Å². The van der Waals surface area contributed by atoms with Gasteiger partial charge in [-0.3, -0.25) is 9.10 Å². The smallest absolute Gasteiger partial charge is 0.292 e. The number of tetrazole rings is 1. The quantitative estimate of drug-likeness (QED) is 0.519. The molecule has 2 heterocycles. The zero-order valence-electron chi connectivity index (χ0n) is 16.9. The zero-order chi connectivity index (χ0) is 23.1. The third-order valence-corrected chi connectivity index (χ3v) is 6.92. The van der Waals surface area contributed by atoms with Gasteiger partial charge in [0.25, 0.3) is 0 Å². The molecular weight excluding hydrogens is 447 g/mol. The minimum atomic E-state index is -4.50. The van der Waals surface area contributed by atoms with Crippen LogP contribution >= 0.6 is 0 Å². The van der Waals surface area contributed by atoms with Gasteiger partial charge in [0, 0.05) is 17.7 Å². The molecule has 3 aromatic rings. The first-order valence-corrected chi connectivity index (χ1v) is 11.3. The fraction of sp³-hybridized carbons (Fsp3) is 0.300. The van der Waals surface area contributed by atoms with Crippen LogP contribution in [0, 0.1) is 0 Å². The lowest BCUT2D eigenvalue weighted by molar-refractivity contribution is -0.137. The lowest BCUT2D eigenvalue weighted by atomic mass is 10.1. The van der Waals surface area contributed by atoms with Crippen molar-refractivity contribution in [3.05, 3.63) is 59.2 Å². The fourth-order valence-corrected chi connectivity index (χ4v) is 4.63. The fourth-order valence-electron chi connectivity index (χ4n) is 3.47. The van der Waals surface area contributed by atoms with E-state index in [4.69, 9.17) is 0 Å². The van der Waals surface area contributed by atoms with Gasteiger partial charge in [0.15, 0.2) is 5.78 Å². The predicted octanol–water partition coefficient (Wildman–Crippen LogP) is 2.95. The minimum absolute atomic E-state index is 0.0146. The Labute approximate surface area is 181 Å². The van der Waals surface area contributed by atoms with Gasteiger partial charge in [0.05, 0.1) is 17.0 Å². The number of alkyl halides is 3. The molecule has 0 amide bonds. The number of sulfonamides is 1. The van der Waals surface area contributed by atoms with Crippen LogP contribution in [0.5, 0.6) is 0 Å². The van der Waals surface area contributed by atoms with Crippen molar-refractivity contribution in [1.29, 1.82) is 0 Å². The molecule has 0 atom stereocenters. The van der Waals surface area contributed by atoms with E-state index in [1.54, 1.807) is 19.1 Å². The molecule has 168 valence electrons. The van der Waals surface area contributed by atoms with Gasteiger partial charge in [0.2, 0.25) is 15.8 Å². The van der Waals surface area contributed by atoms with Crippen molar-refractivity contribution in [2.24, 2.45) is 0 Å². The predicted molar refractivity (Wildman–Crippen MR) is 110 cm³/mol. The molecule has 12 heteroatoms. The Hall–Kier alpha value is -3.28. The van der Waals surface area contributed by atoms with Gasteiger partial charge in [-0.2, -0.15) is 18.0 Å². The van der Waals surface area contributed by atoms with Gasteiger partial charge in [-0.25, -0.2) is 8.42 Å². The maximum absolute atomic E-state index is 12.9. The van der Waals surface area contributed by atoms with Gasteiger partial charge in [-0.05, 0) is 54.5 Å². The molecule has 0 aliphatic carbocycles. The molecule has 0 saturated heterocycles. The molecule has 0 N–H and O–H groups in total. The standard InChI is InChI=1S/C20H18F3N5O3S/c1-2-32(30,31)27-9-8-13-10-14(6-7-17(13)27)18(29)12-28-25-19(24-26-28)15-4-3-5-16(11-15)20(21,22)23/h3-7,10-11H,2,8-9,12H2,1H3. The van der Waals surface area contributed by atoms with E-state index >= 15 is 0 Å². The van der Waals surface area contributed by atoms with E-state index in [9.17, 15) is 26.4 Å². The Bertz CT molecular complexity index is 1290. The van der Waals surface area contributed by atoms with Gasteiger partial charge in [-0.15, -0.1) is 10.2 Å². The van der Waals surface area contributed by atoms with Crippen LogP contribution in [0.25, 0.3) is 11.4 Å². The summed E-state index contributed by atoms with van der Waals surface area (Å²) >= 11 is 0. The van der Waals surface area contributed by atoms with Crippen molar-refractivity contribution >= 4 is 21.5 Å². The third-order valence-electron chi connectivity index (χ3n) is 5.14. The van der Waals surface area contributed by atoms with Gasteiger partial charge in [0.1, 0.15) is 6.54 Å². The first kappa shape index (κ1) is 21.9. The molecule has 2 aromatic carbocycles. The number of hydrogen-bond acceptors (Lipinski definition) is 6. The van der Waals surface area contributed by atoms with E-state index in [2.05, 4.69) is 15.4 Å². The summed E-state index contributed by atoms with van der Waals surface area (Å²) < 4.78 is 64.5. The second-order valence-electron chi connectivity index (χ2n) is 7.21. The highest BCUT2D eigenvalue weighted by atomic mass is 32.2. The number of ketones is 1. The second kappa shape index (κ2) is 8.01. The summed E-state index contributed by atoms with van der Waals surface area (Å²) in [5, 5.41) is 11.5. The third kappa shape index (κ3) is 4.22. The first-order valence-electron chi connectivity index (χ1n) is 9.70. The highest BCUT2D eigenvalue weighted by molar-refractivity contribution is 7.92. The lowest BCUT2D eigenvalue weighted by Crippen LogP contribution is -2.30.